The van der Waals surface area contributed by atoms with Gasteiger partial charge >= 0.3 is 11.9 Å². The SMILES string of the molecule is COC(=O)C1=C(C(=O)OC)N(c2ccc(-c3cc(F)cc(F)c3)cc2)C(N)=C(C#N)C1c1ccccc1. The molecule has 2 N–H and O–H groups in total. The fraction of sp³-hybridized carbons (Fsp3) is 0.107. The van der Waals surface area contributed by atoms with E-state index in [1.54, 1.807) is 54.6 Å². The summed E-state index contributed by atoms with van der Waals surface area (Å²) in [5.74, 6) is -4.26. The molecule has 0 aliphatic carbocycles. The molecule has 1 aliphatic heterocycles. The largest absolute Gasteiger partial charge is 0.466 e. The summed E-state index contributed by atoms with van der Waals surface area (Å²) >= 11 is 0. The number of methoxy groups -OCH3 is 2. The molecule has 37 heavy (non-hydrogen) atoms. The van der Waals surface area contributed by atoms with Crippen LogP contribution in [0, 0.1) is 23.0 Å². The van der Waals surface area contributed by atoms with Gasteiger partial charge in [-0.15, -0.1) is 0 Å². The zero-order chi connectivity index (χ0) is 26.7. The second-order valence-corrected chi connectivity index (χ2v) is 8.04. The van der Waals surface area contributed by atoms with Gasteiger partial charge < -0.3 is 15.2 Å². The number of nitrogens with zero attached hydrogens (tertiary/aromatic N) is 2. The summed E-state index contributed by atoms with van der Waals surface area (Å²) in [6, 6.07) is 20.1. The number of ether oxygens (including phenoxy) is 2. The number of anilines is 1. The highest BCUT2D eigenvalue weighted by molar-refractivity contribution is 6.06. The van der Waals surface area contributed by atoms with E-state index in [9.17, 15) is 23.6 Å². The number of hydrogen-bond donors (Lipinski definition) is 1. The van der Waals surface area contributed by atoms with Crippen molar-refractivity contribution in [3.8, 4) is 17.2 Å². The van der Waals surface area contributed by atoms with Gasteiger partial charge in [-0.25, -0.2) is 18.4 Å². The van der Waals surface area contributed by atoms with Crippen LogP contribution in [0.3, 0.4) is 0 Å². The van der Waals surface area contributed by atoms with Crippen LogP contribution in [0.4, 0.5) is 14.5 Å². The van der Waals surface area contributed by atoms with E-state index in [1.807, 2.05) is 0 Å². The van der Waals surface area contributed by atoms with E-state index < -0.39 is 29.5 Å². The van der Waals surface area contributed by atoms with E-state index in [0.717, 1.165) is 20.3 Å². The van der Waals surface area contributed by atoms with Gasteiger partial charge in [0.2, 0.25) is 0 Å². The molecule has 0 saturated heterocycles. The van der Waals surface area contributed by atoms with Gasteiger partial charge in [0.25, 0.3) is 0 Å². The first-order chi connectivity index (χ1) is 17.8. The predicted octanol–water partition coefficient (Wildman–Crippen LogP) is 4.53. The van der Waals surface area contributed by atoms with Crippen molar-refractivity contribution in [2.24, 2.45) is 5.73 Å². The molecule has 0 bridgehead atoms. The third-order valence-electron chi connectivity index (χ3n) is 5.93. The number of carbonyl (C=O) groups excluding carboxylic acids is 2. The van der Waals surface area contributed by atoms with E-state index in [-0.39, 0.29) is 22.7 Å². The maximum Gasteiger partial charge on any atom is 0.355 e. The lowest BCUT2D eigenvalue weighted by Crippen LogP contribution is -2.40. The molecule has 1 unspecified atom stereocenters. The second kappa shape index (κ2) is 10.3. The Hall–Kier alpha value is -4.97. The lowest BCUT2D eigenvalue weighted by Gasteiger charge is -2.35. The van der Waals surface area contributed by atoms with Gasteiger partial charge in [-0.1, -0.05) is 42.5 Å². The normalized spacial score (nSPS) is 15.3. The highest BCUT2D eigenvalue weighted by Crippen LogP contribution is 2.43. The monoisotopic (exact) mass is 501 g/mol. The summed E-state index contributed by atoms with van der Waals surface area (Å²) in [5.41, 5.74) is 7.78. The number of nitrogens with two attached hydrogens (primary N) is 1. The molecule has 1 heterocycles. The average Bonchev–Trinajstić information content (AvgIpc) is 2.91. The topological polar surface area (TPSA) is 106 Å². The smallest absolute Gasteiger partial charge is 0.355 e. The van der Waals surface area contributed by atoms with E-state index in [4.69, 9.17) is 15.2 Å². The molecule has 1 atom stereocenters. The number of esters is 2. The number of allylic oxidation sites excluding steroid dienone is 1. The van der Waals surface area contributed by atoms with Crippen LogP contribution in [-0.2, 0) is 19.1 Å². The van der Waals surface area contributed by atoms with Gasteiger partial charge in [0.15, 0.2) is 0 Å². The molecule has 0 amide bonds. The van der Waals surface area contributed by atoms with E-state index >= 15 is 0 Å². The maximum atomic E-state index is 13.7. The first-order valence-electron chi connectivity index (χ1n) is 11.0. The Morgan fingerprint density at radius 1 is 0.892 bits per heavy atom. The number of nitriles is 1. The van der Waals surface area contributed by atoms with Crippen LogP contribution in [-0.4, -0.2) is 26.2 Å². The predicted molar refractivity (Wildman–Crippen MR) is 131 cm³/mol. The van der Waals surface area contributed by atoms with Crippen molar-refractivity contribution in [1.82, 2.24) is 0 Å². The first kappa shape index (κ1) is 25.1. The molecule has 9 heteroatoms. The van der Waals surface area contributed by atoms with Crippen LogP contribution in [0.25, 0.3) is 11.1 Å². The van der Waals surface area contributed by atoms with E-state index in [2.05, 4.69) is 6.07 Å². The van der Waals surface area contributed by atoms with Gasteiger partial charge in [0.1, 0.15) is 23.2 Å². The molecule has 7 nitrogen and oxygen atoms in total. The van der Waals surface area contributed by atoms with Gasteiger partial charge in [0.05, 0.1) is 37.4 Å². The van der Waals surface area contributed by atoms with Crippen molar-refractivity contribution in [2.45, 2.75) is 5.92 Å². The quantitative estimate of drug-likeness (QED) is 0.512. The minimum Gasteiger partial charge on any atom is -0.466 e. The maximum absolute atomic E-state index is 13.7. The van der Waals surface area contributed by atoms with Crippen LogP contribution >= 0.6 is 0 Å². The minimum atomic E-state index is -0.987. The Bertz CT molecular complexity index is 1460. The molecule has 0 aromatic heterocycles. The second-order valence-electron chi connectivity index (χ2n) is 8.04. The van der Waals surface area contributed by atoms with Gasteiger partial charge in [-0.3, -0.25) is 4.90 Å². The van der Waals surface area contributed by atoms with Crippen LogP contribution in [0.2, 0.25) is 0 Å². The Morgan fingerprint density at radius 3 is 2.03 bits per heavy atom. The highest BCUT2D eigenvalue weighted by Gasteiger charge is 2.42. The Balaban J connectivity index is 1.94. The molecule has 0 saturated carbocycles. The molecule has 4 rings (SSSR count). The zero-order valence-corrected chi connectivity index (χ0v) is 19.9. The summed E-state index contributed by atoms with van der Waals surface area (Å²) in [6.07, 6.45) is 0. The molecule has 3 aromatic carbocycles. The molecule has 0 spiro atoms. The van der Waals surface area contributed by atoms with Gasteiger partial charge in [-0.2, -0.15) is 5.26 Å². The highest BCUT2D eigenvalue weighted by atomic mass is 19.1. The zero-order valence-electron chi connectivity index (χ0n) is 19.9. The Kier molecular flexibility index (Phi) is 7.02. The van der Waals surface area contributed by atoms with Crippen molar-refractivity contribution < 1.29 is 27.8 Å². The first-order valence-corrected chi connectivity index (χ1v) is 11.0. The van der Waals surface area contributed by atoms with E-state index in [1.165, 1.54) is 17.0 Å². The fourth-order valence-corrected chi connectivity index (χ4v) is 4.30. The van der Waals surface area contributed by atoms with Crippen molar-refractivity contribution in [3.05, 3.63) is 113 Å². The standard InChI is InChI=1S/C28H21F2N3O4/c1-36-27(34)24-23(17-6-4-3-5-7-17)22(15-31)26(32)33(25(24)28(35)37-2)21-10-8-16(9-11-21)18-12-19(29)14-20(30)13-18/h3-14,23H,32H2,1-2H3. The molecule has 186 valence electrons. The summed E-state index contributed by atoms with van der Waals surface area (Å²) < 4.78 is 37.4. The molecule has 0 fully saturated rings. The molecule has 3 aromatic rings. The third kappa shape index (κ3) is 4.65. The number of hydrogen-bond acceptors (Lipinski definition) is 7. The summed E-state index contributed by atoms with van der Waals surface area (Å²) in [5, 5.41) is 10.1. The number of carbonyl (C=O) groups is 2. The van der Waals surface area contributed by atoms with Crippen LogP contribution in [0.1, 0.15) is 11.5 Å². The molecule has 1 aliphatic rings. The van der Waals surface area contributed by atoms with Gasteiger partial charge in [-0.05, 0) is 41.0 Å². The average molecular weight is 501 g/mol. The van der Waals surface area contributed by atoms with E-state index in [0.29, 0.717) is 22.4 Å². The Morgan fingerprint density at radius 2 is 1.49 bits per heavy atom. The van der Waals surface area contributed by atoms with Crippen molar-refractivity contribution in [3.63, 3.8) is 0 Å². The lowest BCUT2D eigenvalue weighted by atomic mass is 9.81. The summed E-state index contributed by atoms with van der Waals surface area (Å²) in [7, 11) is 2.32. The number of rotatable bonds is 5. The number of benzene rings is 3. The summed E-state index contributed by atoms with van der Waals surface area (Å²) in [4.78, 5) is 27.4. The van der Waals surface area contributed by atoms with Crippen molar-refractivity contribution >= 4 is 17.6 Å². The summed E-state index contributed by atoms with van der Waals surface area (Å²) in [6.45, 7) is 0. The third-order valence-corrected chi connectivity index (χ3v) is 5.93. The molecular formula is C28H21F2N3O4. The Labute approximate surface area is 211 Å². The lowest BCUT2D eigenvalue weighted by molar-refractivity contribution is -0.139. The minimum absolute atomic E-state index is 0.0236. The van der Waals surface area contributed by atoms with Crippen molar-refractivity contribution in [1.29, 1.82) is 5.26 Å². The van der Waals surface area contributed by atoms with Crippen LogP contribution in [0.15, 0.2) is 95.5 Å². The molecular weight excluding hydrogens is 480 g/mol. The molecule has 0 radical (unpaired) electrons. The van der Waals surface area contributed by atoms with Gasteiger partial charge in [0, 0.05) is 11.8 Å². The number of halogens is 2. The van der Waals surface area contributed by atoms with Crippen LogP contribution in [0.5, 0.6) is 0 Å². The van der Waals surface area contributed by atoms with Crippen LogP contribution < -0.4 is 10.6 Å². The fourth-order valence-electron chi connectivity index (χ4n) is 4.30. The van der Waals surface area contributed by atoms with Crippen molar-refractivity contribution in [2.75, 3.05) is 19.1 Å².